The molecule has 1 aliphatic rings. The Kier molecular flexibility index (Phi) is 4.50. The molecule has 2 N–H and O–H groups in total. The van der Waals surface area contributed by atoms with Crippen LogP contribution in [0.3, 0.4) is 0 Å². The van der Waals surface area contributed by atoms with Gasteiger partial charge in [-0.15, -0.1) is 11.3 Å². The summed E-state index contributed by atoms with van der Waals surface area (Å²) in [7, 11) is 0. The first-order valence-electron chi connectivity index (χ1n) is 6.23. The van der Waals surface area contributed by atoms with Gasteiger partial charge >= 0.3 is 5.97 Å². The van der Waals surface area contributed by atoms with Crippen molar-refractivity contribution >= 4 is 45.8 Å². The predicted molar refractivity (Wildman–Crippen MR) is 82.5 cm³/mol. The number of halogens is 1. The fraction of sp³-hybridized carbons (Fsp3) is 0.538. The Morgan fingerprint density at radius 3 is 2.84 bits per heavy atom. The van der Waals surface area contributed by atoms with Gasteiger partial charge in [0.1, 0.15) is 5.54 Å². The maximum Gasteiger partial charge on any atom is 0.329 e. The van der Waals surface area contributed by atoms with Crippen LogP contribution in [0, 0.1) is 8.80 Å². The molecule has 2 rings (SSSR count). The number of aliphatic carboxylic acids is 1. The molecule has 0 radical (unpaired) electrons. The fourth-order valence-corrected chi connectivity index (χ4v) is 3.96. The van der Waals surface area contributed by atoms with Crippen LogP contribution in [0.15, 0.2) is 11.4 Å². The highest BCUT2D eigenvalue weighted by molar-refractivity contribution is 14.1. The Labute approximate surface area is 129 Å². The molecule has 0 aromatic carbocycles. The number of carbonyl (C=O) groups is 2. The monoisotopic (exact) mass is 393 g/mol. The molecule has 1 aromatic rings. The van der Waals surface area contributed by atoms with E-state index >= 15 is 0 Å². The number of carboxylic acid groups (broad SMARTS) is 1. The molecule has 1 aromatic heterocycles. The molecule has 1 fully saturated rings. The topological polar surface area (TPSA) is 66.4 Å². The number of hydrogen-bond acceptors (Lipinski definition) is 3. The quantitative estimate of drug-likeness (QED) is 0.776. The zero-order valence-corrected chi connectivity index (χ0v) is 13.6. The Hall–Kier alpha value is -0.630. The lowest BCUT2D eigenvalue weighted by atomic mass is 9.76. The summed E-state index contributed by atoms with van der Waals surface area (Å²) >= 11 is 3.63. The Morgan fingerprint density at radius 1 is 1.58 bits per heavy atom. The van der Waals surface area contributed by atoms with Crippen LogP contribution in [0.5, 0.6) is 0 Å². The van der Waals surface area contributed by atoms with Crippen LogP contribution in [-0.4, -0.2) is 22.5 Å². The van der Waals surface area contributed by atoms with Gasteiger partial charge in [-0.3, -0.25) is 4.79 Å². The van der Waals surface area contributed by atoms with Gasteiger partial charge in [0.25, 0.3) is 5.91 Å². The Morgan fingerprint density at radius 2 is 2.32 bits per heavy atom. The summed E-state index contributed by atoms with van der Waals surface area (Å²) in [5, 5.41) is 14.0. The van der Waals surface area contributed by atoms with Crippen molar-refractivity contribution in [3.05, 3.63) is 19.9 Å². The smallest absolute Gasteiger partial charge is 0.329 e. The molecule has 19 heavy (non-hydrogen) atoms. The molecule has 6 heteroatoms. The van der Waals surface area contributed by atoms with E-state index in [-0.39, 0.29) is 5.91 Å². The summed E-state index contributed by atoms with van der Waals surface area (Å²) in [6.07, 6.45) is 2.89. The van der Waals surface area contributed by atoms with E-state index in [1.54, 1.807) is 11.4 Å². The van der Waals surface area contributed by atoms with E-state index in [0.29, 0.717) is 24.3 Å². The standard InChI is InChI=1S/C13H16INO3S/c1-8-3-2-4-13(6-8,12(17)18)15-11(16)9-5-10(14)19-7-9/h5,7-8H,2-4,6H2,1H3,(H,15,16)(H,17,18). The molecular weight excluding hydrogens is 377 g/mol. The zero-order chi connectivity index (χ0) is 14.0. The molecule has 0 saturated heterocycles. The largest absolute Gasteiger partial charge is 0.480 e. The number of rotatable bonds is 3. The minimum atomic E-state index is -1.10. The highest BCUT2D eigenvalue weighted by Gasteiger charge is 2.43. The molecule has 1 amide bonds. The maximum absolute atomic E-state index is 12.2. The third kappa shape index (κ3) is 3.28. The van der Waals surface area contributed by atoms with Crippen molar-refractivity contribution < 1.29 is 14.7 Å². The van der Waals surface area contributed by atoms with Crippen molar-refractivity contribution in [2.45, 2.75) is 38.1 Å². The minimum absolute atomic E-state index is 0.282. The van der Waals surface area contributed by atoms with Crippen LogP contribution >= 0.6 is 33.9 Å². The van der Waals surface area contributed by atoms with Crippen LogP contribution in [0.4, 0.5) is 0 Å². The summed E-state index contributed by atoms with van der Waals surface area (Å²) in [6.45, 7) is 2.04. The Balaban J connectivity index is 2.17. The molecule has 0 bridgehead atoms. The van der Waals surface area contributed by atoms with Gasteiger partial charge in [-0.25, -0.2) is 4.79 Å². The first kappa shape index (κ1) is 14.8. The van der Waals surface area contributed by atoms with Gasteiger partial charge in [0.15, 0.2) is 0 Å². The maximum atomic E-state index is 12.2. The molecule has 0 spiro atoms. The van der Waals surface area contributed by atoms with Crippen molar-refractivity contribution in [3.63, 3.8) is 0 Å². The predicted octanol–water partition coefficient (Wildman–Crippen LogP) is 3.12. The van der Waals surface area contributed by atoms with Crippen LogP contribution in [0.2, 0.25) is 0 Å². The van der Waals surface area contributed by atoms with Crippen LogP contribution in [-0.2, 0) is 4.79 Å². The zero-order valence-electron chi connectivity index (χ0n) is 10.6. The van der Waals surface area contributed by atoms with Gasteiger partial charge in [-0.2, -0.15) is 0 Å². The fourth-order valence-electron chi connectivity index (χ4n) is 2.63. The van der Waals surface area contributed by atoms with Crippen LogP contribution < -0.4 is 5.32 Å². The lowest BCUT2D eigenvalue weighted by molar-refractivity contribution is -0.146. The van der Waals surface area contributed by atoms with Crippen molar-refractivity contribution in [1.29, 1.82) is 0 Å². The second kappa shape index (κ2) is 5.78. The number of nitrogens with one attached hydrogen (secondary N) is 1. The van der Waals surface area contributed by atoms with E-state index in [1.165, 1.54) is 11.3 Å². The first-order chi connectivity index (χ1) is 8.93. The lowest BCUT2D eigenvalue weighted by Gasteiger charge is -2.37. The number of carbonyl (C=O) groups excluding carboxylic acids is 1. The minimum Gasteiger partial charge on any atom is -0.480 e. The lowest BCUT2D eigenvalue weighted by Crippen LogP contribution is -2.56. The van der Waals surface area contributed by atoms with E-state index in [1.807, 2.05) is 6.92 Å². The second-order valence-electron chi connectivity index (χ2n) is 5.18. The highest BCUT2D eigenvalue weighted by atomic mass is 127. The number of hydrogen-bond donors (Lipinski definition) is 2. The van der Waals surface area contributed by atoms with E-state index in [2.05, 4.69) is 27.9 Å². The van der Waals surface area contributed by atoms with Gasteiger partial charge < -0.3 is 10.4 Å². The van der Waals surface area contributed by atoms with E-state index in [4.69, 9.17) is 0 Å². The molecular formula is C13H16INO3S. The summed E-state index contributed by atoms with van der Waals surface area (Å²) in [5.41, 5.74) is -0.546. The Bertz CT molecular complexity index is 502. The molecule has 4 nitrogen and oxygen atoms in total. The molecule has 2 atom stereocenters. The molecule has 1 saturated carbocycles. The number of thiophene rings is 1. The summed E-state index contributed by atoms with van der Waals surface area (Å²) < 4.78 is 1.02. The molecule has 1 heterocycles. The van der Waals surface area contributed by atoms with Gasteiger partial charge in [0, 0.05) is 5.38 Å². The van der Waals surface area contributed by atoms with Crippen molar-refractivity contribution in [2.75, 3.05) is 0 Å². The molecule has 2 unspecified atom stereocenters. The van der Waals surface area contributed by atoms with Gasteiger partial charge in [0.05, 0.1) is 8.45 Å². The molecule has 0 aliphatic heterocycles. The SMILES string of the molecule is CC1CCCC(NC(=O)c2csc(I)c2)(C(=O)O)C1. The average Bonchev–Trinajstić information content (AvgIpc) is 2.75. The van der Waals surface area contributed by atoms with Gasteiger partial charge in [-0.05, 0) is 47.4 Å². The summed E-state index contributed by atoms with van der Waals surface area (Å²) in [4.78, 5) is 23.8. The molecule has 1 aliphatic carbocycles. The van der Waals surface area contributed by atoms with Crippen molar-refractivity contribution in [3.8, 4) is 0 Å². The average molecular weight is 393 g/mol. The number of carboxylic acids is 1. The van der Waals surface area contributed by atoms with Crippen LogP contribution in [0.25, 0.3) is 0 Å². The van der Waals surface area contributed by atoms with E-state index < -0.39 is 11.5 Å². The second-order valence-corrected chi connectivity index (χ2v) is 7.99. The van der Waals surface area contributed by atoms with Crippen LogP contribution in [0.1, 0.15) is 43.0 Å². The highest BCUT2D eigenvalue weighted by Crippen LogP contribution is 2.33. The summed E-state index contributed by atoms with van der Waals surface area (Å²) in [5.74, 6) is -0.874. The van der Waals surface area contributed by atoms with Gasteiger partial charge in [-0.1, -0.05) is 19.8 Å². The third-order valence-electron chi connectivity index (χ3n) is 3.59. The first-order valence-corrected chi connectivity index (χ1v) is 8.19. The normalized spacial score (nSPS) is 26.9. The van der Waals surface area contributed by atoms with E-state index in [0.717, 1.165) is 15.7 Å². The van der Waals surface area contributed by atoms with Crippen molar-refractivity contribution in [1.82, 2.24) is 5.32 Å². The van der Waals surface area contributed by atoms with Gasteiger partial charge in [0.2, 0.25) is 0 Å². The molecule has 104 valence electrons. The number of amides is 1. The third-order valence-corrected chi connectivity index (χ3v) is 5.38. The summed E-state index contributed by atoms with van der Waals surface area (Å²) in [6, 6.07) is 1.78. The van der Waals surface area contributed by atoms with E-state index in [9.17, 15) is 14.7 Å². The van der Waals surface area contributed by atoms with Crippen molar-refractivity contribution in [2.24, 2.45) is 5.92 Å².